The number of aliphatic hydroxyl groups is 2. The highest BCUT2D eigenvalue weighted by molar-refractivity contribution is 5.92. The summed E-state index contributed by atoms with van der Waals surface area (Å²) in [6, 6.07) is 0. The molecule has 10 heteroatoms. The number of ether oxygens (including phenoxy) is 1. The third-order valence-electron chi connectivity index (χ3n) is 3.41. The fourth-order valence-electron chi connectivity index (χ4n) is 2.30. The number of hydrogen-bond donors (Lipinski definition) is 2. The van der Waals surface area contributed by atoms with Gasteiger partial charge in [0, 0.05) is 45.1 Å². The van der Waals surface area contributed by atoms with Crippen LogP contribution in [0, 0.1) is 0 Å². The summed E-state index contributed by atoms with van der Waals surface area (Å²) in [7, 11) is 1.31. The van der Waals surface area contributed by atoms with Crippen LogP contribution in [0.25, 0.3) is 0 Å². The van der Waals surface area contributed by atoms with E-state index in [-0.39, 0.29) is 37.1 Å². The van der Waals surface area contributed by atoms with Crippen LogP contribution in [0.15, 0.2) is 12.4 Å². The molecule has 2 heterocycles. The highest BCUT2D eigenvalue weighted by atomic mass is 35.5. The summed E-state index contributed by atoms with van der Waals surface area (Å²) in [5.41, 5.74) is 0.212. The number of halogens is 2. The Hall–Kier alpha value is -1.19. The molecule has 1 fully saturated rings. The Balaban J connectivity index is 0.00000242. The number of methoxy groups -OCH3 is 1. The maximum Gasteiger partial charge on any atom is 0.360 e. The first-order valence-electron chi connectivity index (χ1n) is 6.81. The second-order valence-electron chi connectivity index (χ2n) is 4.84. The van der Waals surface area contributed by atoms with E-state index < -0.39 is 12.1 Å². The molecule has 0 saturated carbocycles. The summed E-state index contributed by atoms with van der Waals surface area (Å²) >= 11 is 0. The lowest BCUT2D eigenvalue weighted by Gasteiger charge is -2.36. The number of esters is 1. The lowest BCUT2D eigenvalue weighted by Crippen LogP contribution is -2.49. The number of β-amino-alcohol motifs (C(OH)–C–C–N with tert-alkyl or cyclic N) is 1. The highest BCUT2D eigenvalue weighted by Gasteiger charge is 2.24. The monoisotopic (exact) mass is 368 g/mol. The molecule has 2 rings (SSSR count). The van der Waals surface area contributed by atoms with E-state index in [9.17, 15) is 9.90 Å². The molecule has 1 aliphatic heterocycles. The van der Waals surface area contributed by atoms with E-state index in [1.165, 1.54) is 13.3 Å². The van der Waals surface area contributed by atoms with Crippen molar-refractivity contribution < 1.29 is 19.7 Å². The van der Waals surface area contributed by atoms with E-state index in [2.05, 4.69) is 14.9 Å². The first kappa shape index (κ1) is 21.8. The van der Waals surface area contributed by atoms with E-state index in [1.54, 1.807) is 6.20 Å². The minimum atomic E-state index is -0.723. The lowest BCUT2D eigenvalue weighted by atomic mass is 10.2. The largest absolute Gasteiger partial charge is 0.464 e. The summed E-state index contributed by atoms with van der Waals surface area (Å²) in [5.74, 6) is 0.0166. The molecule has 1 aromatic rings. The van der Waals surface area contributed by atoms with Crippen LogP contribution in [0.3, 0.4) is 0 Å². The Morgan fingerprint density at radius 1 is 1.26 bits per heavy atom. The molecule has 0 spiro atoms. The molecule has 1 aliphatic rings. The van der Waals surface area contributed by atoms with Crippen molar-refractivity contribution in [3.63, 3.8) is 0 Å². The number of nitrogens with zero attached hydrogens (tertiary/aromatic N) is 4. The van der Waals surface area contributed by atoms with Gasteiger partial charge in [0.2, 0.25) is 0 Å². The van der Waals surface area contributed by atoms with E-state index in [1.807, 2.05) is 4.90 Å². The first-order chi connectivity index (χ1) is 10.2. The van der Waals surface area contributed by atoms with Crippen LogP contribution in [0.2, 0.25) is 0 Å². The second-order valence-corrected chi connectivity index (χ2v) is 4.84. The number of piperazine rings is 1. The van der Waals surface area contributed by atoms with Crippen molar-refractivity contribution in [2.75, 3.05) is 51.3 Å². The molecule has 1 unspecified atom stereocenters. The molecule has 0 aliphatic carbocycles. The van der Waals surface area contributed by atoms with E-state index in [0.717, 1.165) is 0 Å². The van der Waals surface area contributed by atoms with Gasteiger partial charge in [-0.05, 0) is 0 Å². The topological polar surface area (TPSA) is 99.0 Å². The minimum Gasteiger partial charge on any atom is -0.464 e. The lowest BCUT2D eigenvalue weighted by molar-refractivity contribution is 0.0571. The number of aliphatic hydroxyl groups excluding tert-OH is 2. The van der Waals surface area contributed by atoms with Crippen LogP contribution in [0.5, 0.6) is 0 Å². The van der Waals surface area contributed by atoms with Gasteiger partial charge in [-0.2, -0.15) is 0 Å². The normalized spacial score (nSPS) is 16.0. The molecule has 1 aromatic heterocycles. The van der Waals surface area contributed by atoms with Crippen LogP contribution in [0.4, 0.5) is 5.82 Å². The van der Waals surface area contributed by atoms with Gasteiger partial charge in [-0.15, -0.1) is 24.8 Å². The standard InChI is InChI=1S/C13H20N4O4.2ClH/c1-21-13(20)11-12(15-3-2-14-11)17-6-4-16(5-7-17)8-10(19)9-18;;/h2-3,10,18-19H,4-9H2,1H3;2*1H. The van der Waals surface area contributed by atoms with Crippen molar-refractivity contribution in [2.45, 2.75) is 6.10 Å². The molecule has 132 valence electrons. The summed E-state index contributed by atoms with van der Waals surface area (Å²) in [6.07, 6.45) is 2.28. The van der Waals surface area contributed by atoms with Crippen LogP contribution in [-0.2, 0) is 4.74 Å². The number of carbonyl (C=O) groups is 1. The molecular formula is C13H22Cl2N4O4. The quantitative estimate of drug-likeness (QED) is 0.676. The van der Waals surface area contributed by atoms with Gasteiger partial charge in [0.1, 0.15) is 0 Å². The molecule has 0 aromatic carbocycles. The van der Waals surface area contributed by atoms with Gasteiger partial charge < -0.3 is 19.8 Å². The van der Waals surface area contributed by atoms with Crippen LogP contribution in [-0.4, -0.2) is 83.6 Å². The number of rotatable bonds is 5. The molecule has 1 atom stereocenters. The number of anilines is 1. The third-order valence-corrected chi connectivity index (χ3v) is 3.41. The summed E-state index contributed by atoms with van der Waals surface area (Å²) in [6.45, 7) is 2.97. The first-order valence-corrected chi connectivity index (χ1v) is 6.81. The van der Waals surface area contributed by atoms with Gasteiger partial charge in [-0.1, -0.05) is 0 Å². The second kappa shape index (κ2) is 10.6. The summed E-state index contributed by atoms with van der Waals surface area (Å²) in [4.78, 5) is 24.0. The number of carbonyl (C=O) groups excluding carboxylic acids is 1. The third kappa shape index (κ3) is 5.74. The molecule has 1 saturated heterocycles. The predicted octanol–water partition coefficient (Wildman–Crippen LogP) is -0.418. The van der Waals surface area contributed by atoms with Crippen LogP contribution in [0.1, 0.15) is 10.5 Å². The van der Waals surface area contributed by atoms with Crippen LogP contribution >= 0.6 is 24.8 Å². The Bertz CT molecular complexity index is 487. The van der Waals surface area contributed by atoms with E-state index in [0.29, 0.717) is 38.5 Å². The fraction of sp³-hybridized carbons (Fsp3) is 0.615. The van der Waals surface area contributed by atoms with Gasteiger partial charge in [0.05, 0.1) is 19.8 Å². The number of hydrogen-bond acceptors (Lipinski definition) is 8. The molecule has 23 heavy (non-hydrogen) atoms. The molecule has 0 bridgehead atoms. The summed E-state index contributed by atoms with van der Waals surface area (Å²) in [5, 5.41) is 18.3. The Kier molecular flexibility index (Phi) is 10.0. The van der Waals surface area contributed by atoms with Gasteiger partial charge in [-0.3, -0.25) is 4.90 Å². The maximum absolute atomic E-state index is 11.7. The minimum absolute atomic E-state index is 0. The average molecular weight is 369 g/mol. The van der Waals surface area contributed by atoms with Gasteiger partial charge in [-0.25, -0.2) is 14.8 Å². The van der Waals surface area contributed by atoms with Crippen molar-refractivity contribution in [1.29, 1.82) is 0 Å². The van der Waals surface area contributed by atoms with E-state index in [4.69, 9.17) is 9.84 Å². The average Bonchev–Trinajstić information content (AvgIpc) is 2.54. The molecule has 0 amide bonds. The molecule has 8 nitrogen and oxygen atoms in total. The molecule has 0 radical (unpaired) electrons. The predicted molar refractivity (Wildman–Crippen MR) is 89.6 cm³/mol. The maximum atomic E-state index is 11.7. The van der Waals surface area contributed by atoms with Gasteiger partial charge in [0.15, 0.2) is 11.5 Å². The van der Waals surface area contributed by atoms with Crippen LogP contribution < -0.4 is 4.90 Å². The zero-order valence-corrected chi connectivity index (χ0v) is 14.4. The molecule has 2 N–H and O–H groups in total. The van der Waals surface area contributed by atoms with Crippen molar-refractivity contribution in [3.8, 4) is 0 Å². The van der Waals surface area contributed by atoms with E-state index >= 15 is 0 Å². The molecular weight excluding hydrogens is 347 g/mol. The zero-order valence-electron chi connectivity index (χ0n) is 12.8. The van der Waals surface area contributed by atoms with Crippen molar-refractivity contribution >= 4 is 36.6 Å². The van der Waals surface area contributed by atoms with Gasteiger partial charge in [0.25, 0.3) is 0 Å². The smallest absolute Gasteiger partial charge is 0.360 e. The fourth-order valence-corrected chi connectivity index (χ4v) is 2.30. The highest BCUT2D eigenvalue weighted by Crippen LogP contribution is 2.17. The Morgan fingerprint density at radius 2 is 1.87 bits per heavy atom. The number of aromatic nitrogens is 2. The Labute approximate surface area is 147 Å². The summed E-state index contributed by atoms with van der Waals surface area (Å²) < 4.78 is 4.72. The Morgan fingerprint density at radius 3 is 2.43 bits per heavy atom. The van der Waals surface area contributed by atoms with Crippen molar-refractivity contribution in [3.05, 3.63) is 18.1 Å². The SMILES string of the molecule is COC(=O)c1nccnc1N1CCN(CC(O)CO)CC1.Cl.Cl. The van der Waals surface area contributed by atoms with Crippen molar-refractivity contribution in [2.24, 2.45) is 0 Å². The zero-order chi connectivity index (χ0) is 15.2. The van der Waals surface area contributed by atoms with Crippen molar-refractivity contribution in [1.82, 2.24) is 14.9 Å². The van der Waals surface area contributed by atoms with Gasteiger partial charge >= 0.3 is 5.97 Å².